The van der Waals surface area contributed by atoms with Gasteiger partial charge in [0.1, 0.15) is 12.4 Å². The van der Waals surface area contributed by atoms with Crippen molar-refractivity contribution in [2.24, 2.45) is 0 Å². The number of hydrogen-bond donors (Lipinski definition) is 1. The molecule has 3 rings (SSSR count). The summed E-state index contributed by atoms with van der Waals surface area (Å²) in [5.74, 6) is 0.913. The minimum absolute atomic E-state index is 0.000162. The van der Waals surface area contributed by atoms with Gasteiger partial charge in [0, 0.05) is 26.2 Å². The van der Waals surface area contributed by atoms with Crippen molar-refractivity contribution in [1.29, 1.82) is 0 Å². The van der Waals surface area contributed by atoms with E-state index in [4.69, 9.17) is 32.7 Å². The molecule has 1 aliphatic heterocycles. The number of carbonyl (C=O) groups excluding carboxylic acids is 1. The van der Waals surface area contributed by atoms with Crippen LogP contribution in [0.2, 0.25) is 10.0 Å². The zero-order chi connectivity index (χ0) is 23.1. The molecule has 2 aromatic carbocycles. The summed E-state index contributed by atoms with van der Waals surface area (Å²) in [4.78, 5) is 14.9. The first kappa shape index (κ1) is 24.8. The third kappa shape index (κ3) is 6.61. The number of benzene rings is 2. The lowest BCUT2D eigenvalue weighted by Crippen LogP contribution is -2.40. The highest BCUT2D eigenvalue weighted by molar-refractivity contribution is 6.42. The van der Waals surface area contributed by atoms with Crippen molar-refractivity contribution >= 4 is 29.1 Å². The number of amides is 1. The van der Waals surface area contributed by atoms with Gasteiger partial charge in [-0.05, 0) is 73.7 Å². The van der Waals surface area contributed by atoms with Gasteiger partial charge in [0.05, 0.1) is 23.1 Å². The van der Waals surface area contributed by atoms with Crippen molar-refractivity contribution in [3.63, 3.8) is 0 Å². The van der Waals surface area contributed by atoms with E-state index in [9.17, 15) is 4.79 Å². The zero-order valence-electron chi connectivity index (χ0n) is 19.0. The van der Waals surface area contributed by atoms with Gasteiger partial charge in [-0.3, -0.25) is 9.69 Å². The van der Waals surface area contributed by atoms with Crippen molar-refractivity contribution < 1.29 is 14.3 Å². The largest absolute Gasteiger partial charge is 0.491 e. The van der Waals surface area contributed by atoms with Crippen LogP contribution in [0.3, 0.4) is 0 Å². The lowest BCUT2D eigenvalue weighted by Gasteiger charge is -2.26. The predicted molar refractivity (Wildman–Crippen MR) is 130 cm³/mol. The number of nitrogens with zero attached hydrogens (tertiary/aromatic N) is 1. The smallest absolute Gasteiger partial charge is 0.224 e. The summed E-state index contributed by atoms with van der Waals surface area (Å²) in [7, 11) is 1.67. The van der Waals surface area contributed by atoms with Gasteiger partial charge in [0.25, 0.3) is 0 Å². The van der Waals surface area contributed by atoms with Gasteiger partial charge in [0.15, 0.2) is 0 Å². The number of nitrogens with one attached hydrogen (secondary N) is 1. The predicted octanol–water partition coefficient (Wildman–Crippen LogP) is 4.96. The van der Waals surface area contributed by atoms with Gasteiger partial charge in [-0.25, -0.2) is 0 Å². The molecule has 7 heteroatoms. The average Bonchev–Trinajstić information content (AvgIpc) is 3.21. The lowest BCUT2D eigenvalue weighted by atomic mass is 10.0. The number of hydrogen-bond acceptors (Lipinski definition) is 4. The summed E-state index contributed by atoms with van der Waals surface area (Å²) >= 11 is 12.0. The van der Waals surface area contributed by atoms with Crippen molar-refractivity contribution in [3.05, 3.63) is 62.6 Å². The van der Waals surface area contributed by atoms with E-state index in [1.807, 2.05) is 6.07 Å². The van der Waals surface area contributed by atoms with Gasteiger partial charge in [0.2, 0.25) is 5.91 Å². The molecule has 0 radical (unpaired) electrons. The number of halogens is 2. The average molecular weight is 479 g/mol. The van der Waals surface area contributed by atoms with Gasteiger partial charge in [-0.2, -0.15) is 0 Å². The maximum absolute atomic E-state index is 12.4. The molecule has 1 aliphatic rings. The fourth-order valence-corrected chi connectivity index (χ4v) is 4.42. The minimum atomic E-state index is -0.000162. The van der Waals surface area contributed by atoms with E-state index in [0.717, 1.165) is 37.2 Å². The molecule has 1 atom stereocenters. The van der Waals surface area contributed by atoms with Crippen LogP contribution in [-0.2, 0) is 22.5 Å². The summed E-state index contributed by atoms with van der Waals surface area (Å²) in [6.45, 7) is 7.94. The van der Waals surface area contributed by atoms with E-state index in [-0.39, 0.29) is 5.91 Å². The molecule has 0 aliphatic carbocycles. The maximum atomic E-state index is 12.4. The topological polar surface area (TPSA) is 50.8 Å². The first-order valence-electron chi connectivity index (χ1n) is 11.0. The van der Waals surface area contributed by atoms with Crippen molar-refractivity contribution in [1.82, 2.24) is 10.2 Å². The van der Waals surface area contributed by atoms with Crippen LogP contribution in [-0.4, -0.2) is 50.3 Å². The van der Waals surface area contributed by atoms with E-state index in [2.05, 4.69) is 36.2 Å². The zero-order valence-corrected chi connectivity index (χ0v) is 20.6. The molecule has 0 aromatic heterocycles. The van der Waals surface area contributed by atoms with Crippen LogP contribution in [0, 0.1) is 13.8 Å². The van der Waals surface area contributed by atoms with Gasteiger partial charge < -0.3 is 14.8 Å². The first-order valence-corrected chi connectivity index (χ1v) is 11.8. The molecular weight excluding hydrogens is 447 g/mol. The van der Waals surface area contributed by atoms with Crippen LogP contribution in [0.15, 0.2) is 30.3 Å². The molecular formula is C25H32Cl2N2O3. The Kier molecular flexibility index (Phi) is 9.23. The second kappa shape index (κ2) is 11.9. The fraction of sp³-hybridized carbons (Fsp3) is 0.480. The Morgan fingerprint density at radius 3 is 2.69 bits per heavy atom. The molecule has 2 aromatic rings. The molecule has 0 spiro atoms. The highest BCUT2D eigenvalue weighted by Gasteiger charge is 2.25. The molecule has 1 fully saturated rings. The van der Waals surface area contributed by atoms with Crippen LogP contribution in [0.4, 0.5) is 0 Å². The molecule has 1 amide bonds. The molecule has 1 saturated heterocycles. The molecule has 1 N–H and O–H groups in total. The normalized spacial score (nSPS) is 16.3. The van der Waals surface area contributed by atoms with Gasteiger partial charge in [-0.1, -0.05) is 35.3 Å². The quantitative estimate of drug-likeness (QED) is 0.490. The Morgan fingerprint density at radius 2 is 1.94 bits per heavy atom. The summed E-state index contributed by atoms with van der Waals surface area (Å²) in [5, 5.41) is 4.07. The third-order valence-corrected chi connectivity index (χ3v) is 6.89. The molecule has 32 heavy (non-hydrogen) atoms. The van der Waals surface area contributed by atoms with Crippen molar-refractivity contribution in [2.75, 3.05) is 33.4 Å². The standard InChI is InChI=1S/C25H32Cl2N2O3/c1-17-18(2)24(32-12-11-31-3)9-7-20(17)16-29-10-4-5-21(29)15-28-25(30)14-19-6-8-22(26)23(27)13-19/h6-9,13,21H,4-5,10-12,14-16H2,1-3H3,(H,28,30)/t21-/m1/s1. The van der Waals surface area contributed by atoms with E-state index in [1.54, 1.807) is 19.2 Å². The minimum Gasteiger partial charge on any atom is -0.491 e. The Balaban J connectivity index is 1.54. The molecule has 0 unspecified atom stereocenters. The molecule has 1 heterocycles. The van der Waals surface area contributed by atoms with Crippen molar-refractivity contribution in [2.45, 2.75) is 45.7 Å². The first-order chi connectivity index (χ1) is 15.4. The summed E-state index contributed by atoms with van der Waals surface area (Å²) in [6, 6.07) is 9.86. The van der Waals surface area contributed by atoms with Crippen LogP contribution in [0.1, 0.15) is 35.1 Å². The second-order valence-corrected chi connectivity index (χ2v) is 9.12. The van der Waals surface area contributed by atoms with Crippen LogP contribution < -0.4 is 10.1 Å². The third-order valence-electron chi connectivity index (χ3n) is 6.15. The highest BCUT2D eigenvalue weighted by atomic mass is 35.5. The fourth-order valence-electron chi connectivity index (χ4n) is 4.10. The molecule has 0 saturated carbocycles. The van der Waals surface area contributed by atoms with Gasteiger partial charge in [-0.15, -0.1) is 0 Å². The van der Waals surface area contributed by atoms with E-state index < -0.39 is 0 Å². The molecule has 0 bridgehead atoms. The van der Waals surface area contributed by atoms with E-state index in [0.29, 0.717) is 42.3 Å². The van der Waals surface area contributed by atoms with E-state index >= 15 is 0 Å². The van der Waals surface area contributed by atoms with Crippen LogP contribution >= 0.6 is 23.2 Å². The summed E-state index contributed by atoms with van der Waals surface area (Å²) in [5.41, 5.74) is 4.59. The molecule has 174 valence electrons. The Morgan fingerprint density at radius 1 is 1.12 bits per heavy atom. The summed E-state index contributed by atoms with van der Waals surface area (Å²) < 4.78 is 10.9. The Labute approximate surface area is 201 Å². The number of methoxy groups -OCH3 is 1. The summed E-state index contributed by atoms with van der Waals surface area (Å²) in [6.07, 6.45) is 2.53. The maximum Gasteiger partial charge on any atom is 0.224 e. The monoisotopic (exact) mass is 478 g/mol. The second-order valence-electron chi connectivity index (χ2n) is 8.31. The number of rotatable bonds is 10. The SMILES string of the molecule is COCCOc1ccc(CN2CCC[C@@H]2CNC(=O)Cc2ccc(Cl)c(Cl)c2)c(C)c1C. The number of likely N-dealkylation sites (tertiary alicyclic amines) is 1. The number of carbonyl (C=O) groups is 1. The Hall–Kier alpha value is -1.79. The van der Waals surface area contributed by atoms with Crippen LogP contribution in [0.25, 0.3) is 0 Å². The Bertz CT molecular complexity index is 936. The van der Waals surface area contributed by atoms with Crippen molar-refractivity contribution in [3.8, 4) is 5.75 Å². The number of ether oxygens (including phenoxy) is 2. The van der Waals surface area contributed by atoms with Crippen LogP contribution in [0.5, 0.6) is 5.75 Å². The lowest BCUT2D eigenvalue weighted by molar-refractivity contribution is -0.120. The van der Waals surface area contributed by atoms with Gasteiger partial charge >= 0.3 is 0 Å². The van der Waals surface area contributed by atoms with E-state index in [1.165, 1.54) is 16.7 Å². The highest BCUT2D eigenvalue weighted by Crippen LogP contribution is 2.28. The molecule has 5 nitrogen and oxygen atoms in total.